The molecule has 0 aliphatic heterocycles. The summed E-state index contributed by atoms with van der Waals surface area (Å²) in [5, 5.41) is 13.7. The minimum absolute atomic E-state index is 0.330. The van der Waals surface area contributed by atoms with E-state index in [9.17, 15) is 5.11 Å². The molecule has 0 bridgehead atoms. The Morgan fingerprint density at radius 2 is 2.00 bits per heavy atom. The van der Waals surface area contributed by atoms with Crippen LogP contribution >= 0.6 is 0 Å². The molecule has 0 radical (unpaired) electrons. The second-order valence-electron chi connectivity index (χ2n) is 5.02. The molecule has 0 aromatic carbocycles. The Balaban J connectivity index is 4.03. The Hall–Kier alpha value is -0.340. The molecule has 0 aliphatic rings. The van der Waals surface area contributed by atoms with Crippen molar-refractivity contribution >= 4 is 0 Å². The summed E-state index contributed by atoms with van der Waals surface area (Å²) < 4.78 is 0. The van der Waals surface area contributed by atoms with Crippen LogP contribution in [0.5, 0.6) is 0 Å². The number of aliphatic hydroxyl groups is 1. The molecular formula is C14H29NO. The van der Waals surface area contributed by atoms with Gasteiger partial charge in [-0.15, -0.1) is 6.58 Å². The zero-order chi connectivity index (χ0) is 12.6. The molecule has 0 fully saturated rings. The predicted octanol–water partition coefficient (Wildman–Crippen LogP) is 3.12. The molecule has 0 heterocycles. The van der Waals surface area contributed by atoms with Crippen LogP contribution in [0.15, 0.2) is 12.7 Å². The minimum atomic E-state index is -0.601. The zero-order valence-corrected chi connectivity index (χ0v) is 11.4. The van der Waals surface area contributed by atoms with Gasteiger partial charge in [-0.1, -0.05) is 33.3 Å². The molecule has 16 heavy (non-hydrogen) atoms. The lowest BCUT2D eigenvalue weighted by molar-refractivity contribution is 0.00300. The molecule has 3 unspecified atom stereocenters. The summed E-state index contributed by atoms with van der Waals surface area (Å²) in [5.41, 5.74) is -0.601. The summed E-state index contributed by atoms with van der Waals surface area (Å²) in [7, 11) is 0. The Morgan fingerprint density at radius 3 is 2.44 bits per heavy atom. The quantitative estimate of drug-likeness (QED) is 0.593. The van der Waals surface area contributed by atoms with Crippen molar-refractivity contribution in [3.63, 3.8) is 0 Å². The van der Waals surface area contributed by atoms with Crippen LogP contribution in [0.4, 0.5) is 0 Å². The first-order chi connectivity index (χ1) is 7.47. The third kappa shape index (κ3) is 5.66. The van der Waals surface area contributed by atoms with Gasteiger partial charge in [0.1, 0.15) is 0 Å². The van der Waals surface area contributed by atoms with Crippen molar-refractivity contribution in [1.29, 1.82) is 0 Å². The molecule has 2 N–H and O–H groups in total. The summed E-state index contributed by atoms with van der Waals surface area (Å²) in [6.07, 6.45) is 6.22. The van der Waals surface area contributed by atoms with E-state index in [1.807, 2.05) is 13.0 Å². The van der Waals surface area contributed by atoms with Gasteiger partial charge in [0.25, 0.3) is 0 Å². The maximum absolute atomic E-state index is 10.3. The van der Waals surface area contributed by atoms with Gasteiger partial charge >= 0.3 is 0 Å². The van der Waals surface area contributed by atoms with Gasteiger partial charge in [-0.2, -0.15) is 0 Å². The van der Waals surface area contributed by atoms with Gasteiger partial charge < -0.3 is 10.4 Å². The molecule has 0 saturated heterocycles. The maximum Gasteiger partial charge on any atom is 0.0768 e. The molecular weight excluding hydrogens is 198 g/mol. The average molecular weight is 227 g/mol. The molecule has 0 aliphatic carbocycles. The Labute approximate surface area is 101 Å². The lowest BCUT2D eigenvalue weighted by Crippen LogP contribution is -2.46. The smallest absolute Gasteiger partial charge is 0.0768 e. The second-order valence-corrected chi connectivity index (χ2v) is 5.02. The van der Waals surface area contributed by atoms with Crippen molar-refractivity contribution < 1.29 is 5.11 Å². The fraction of sp³-hybridized carbons (Fsp3) is 0.857. The third-order valence-electron chi connectivity index (χ3n) is 3.63. The topological polar surface area (TPSA) is 32.3 Å². The fourth-order valence-corrected chi connectivity index (χ4v) is 1.73. The highest BCUT2D eigenvalue weighted by Crippen LogP contribution is 2.19. The summed E-state index contributed by atoms with van der Waals surface area (Å²) in [6, 6.07) is 0.494. The van der Waals surface area contributed by atoms with Crippen molar-refractivity contribution in [3.05, 3.63) is 12.7 Å². The monoisotopic (exact) mass is 227 g/mol. The standard InChI is InChI=1S/C14H29NO/c1-6-9-10-13(8-3)15-11-14(5,16)12(4)7-2/h6,12-13,15-16H,1,7-11H2,2-5H3. The number of hydrogen-bond acceptors (Lipinski definition) is 2. The van der Waals surface area contributed by atoms with Crippen LogP contribution in [0.3, 0.4) is 0 Å². The Kier molecular flexibility index (Phi) is 7.69. The summed E-state index contributed by atoms with van der Waals surface area (Å²) >= 11 is 0. The van der Waals surface area contributed by atoms with E-state index < -0.39 is 5.60 Å². The number of allylic oxidation sites excluding steroid dienone is 1. The molecule has 96 valence electrons. The van der Waals surface area contributed by atoms with Crippen LogP contribution in [-0.2, 0) is 0 Å². The highest BCUT2D eigenvalue weighted by molar-refractivity contribution is 4.83. The first-order valence-corrected chi connectivity index (χ1v) is 6.54. The molecule has 0 spiro atoms. The van der Waals surface area contributed by atoms with Crippen LogP contribution in [0.1, 0.15) is 53.4 Å². The van der Waals surface area contributed by atoms with E-state index in [4.69, 9.17) is 0 Å². The molecule has 0 rings (SSSR count). The first kappa shape index (κ1) is 15.7. The van der Waals surface area contributed by atoms with E-state index in [0.717, 1.165) is 25.7 Å². The summed E-state index contributed by atoms with van der Waals surface area (Å²) in [6.45, 7) is 12.7. The molecule has 3 atom stereocenters. The Morgan fingerprint density at radius 1 is 1.38 bits per heavy atom. The molecule has 0 amide bonds. The zero-order valence-electron chi connectivity index (χ0n) is 11.4. The van der Waals surface area contributed by atoms with Crippen molar-refractivity contribution in [3.8, 4) is 0 Å². The lowest BCUT2D eigenvalue weighted by atomic mass is 9.88. The van der Waals surface area contributed by atoms with Gasteiger partial charge in [0.15, 0.2) is 0 Å². The molecule has 2 nitrogen and oxygen atoms in total. The van der Waals surface area contributed by atoms with E-state index in [1.54, 1.807) is 0 Å². The number of rotatable bonds is 9. The van der Waals surface area contributed by atoms with Crippen molar-refractivity contribution in [1.82, 2.24) is 5.32 Å². The van der Waals surface area contributed by atoms with Crippen LogP contribution < -0.4 is 5.32 Å². The third-order valence-corrected chi connectivity index (χ3v) is 3.63. The minimum Gasteiger partial charge on any atom is -0.389 e. The first-order valence-electron chi connectivity index (χ1n) is 6.54. The van der Waals surface area contributed by atoms with E-state index in [1.165, 1.54) is 0 Å². The highest BCUT2D eigenvalue weighted by atomic mass is 16.3. The van der Waals surface area contributed by atoms with Crippen LogP contribution in [-0.4, -0.2) is 23.3 Å². The van der Waals surface area contributed by atoms with Gasteiger partial charge in [-0.05, 0) is 32.1 Å². The van der Waals surface area contributed by atoms with E-state index in [-0.39, 0.29) is 0 Å². The summed E-state index contributed by atoms with van der Waals surface area (Å²) in [5.74, 6) is 0.330. The van der Waals surface area contributed by atoms with E-state index in [2.05, 4.69) is 32.7 Å². The number of hydrogen-bond donors (Lipinski definition) is 2. The van der Waals surface area contributed by atoms with Gasteiger partial charge in [0, 0.05) is 12.6 Å². The molecule has 0 aromatic heterocycles. The van der Waals surface area contributed by atoms with E-state index >= 15 is 0 Å². The van der Waals surface area contributed by atoms with Gasteiger partial charge in [-0.25, -0.2) is 0 Å². The van der Waals surface area contributed by atoms with Gasteiger partial charge in [0.2, 0.25) is 0 Å². The summed E-state index contributed by atoms with van der Waals surface area (Å²) in [4.78, 5) is 0. The van der Waals surface area contributed by atoms with Crippen LogP contribution in [0, 0.1) is 5.92 Å². The maximum atomic E-state index is 10.3. The van der Waals surface area contributed by atoms with Gasteiger partial charge in [-0.3, -0.25) is 0 Å². The van der Waals surface area contributed by atoms with Crippen molar-refractivity contribution in [2.45, 2.75) is 65.0 Å². The van der Waals surface area contributed by atoms with Crippen LogP contribution in [0.25, 0.3) is 0 Å². The second kappa shape index (κ2) is 7.86. The highest BCUT2D eigenvalue weighted by Gasteiger charge is 2.27. The predicted molar refractivity (Wildman–Crippen MR) is 71.6 cm³/mol. The number of nitrogens with one attached hydrogen (secondary N) is 1. The largest absolute Gasteiger partial charge is 0.389 e. The van der Waals surface area contributed by atoms with Crippen LogP contribution in [0.2, 0.25) is 0 Å². The fourth-order valence-electron chi connectivity index (χ4n) is 1.73. The van der Waals surface area contributed by atoms with Crippen molar-refractivity contribution in [2.24, 2.45) is 5.92 Å². The molecule has 0 aromatic rings. The normalized spacial score (nSPS) is 18.8. The molecule has 2 heteroatoms. The van der Waals surface area contributed by atoms with Crippen molar-refractivity contribution in [2.75, 3.05) is 6.54 Å². The molecule has 0 saturated carbocycles. The van der Waals surface area contributed by atoms with E-state index in [0.29, 0.717) is 18.5 Å². The Bertz CT molecular complexity index is 189. The van der Waals surface area contributed by atoms with Gasteiger partial charge in [0.05, 0.1) is 5.60 Å². The lowest BCUT2D eigenvalue weighted by Gasteiger charge is -2.32. The SMILES string of the molecule is C=CCCC(CC)NCC(C)(O)C(C)CC. The average Bonchev–Trinajstić information content (AvgIpc) is 2.28.